The monoisotopic (exact) mass is 262 g/mol. The van der Waals surface area contributed by atoms with Crippen LogP contribution in [0.5, 0.6) is 11.5 Å². The first-order valence-electron chi connectivity index (χ1n) is 6.12. The highest BCUT2D eigenvalue weighted by Crippen LogP contribution is 2.29. The lowest BCUT2D eigenvalue weighted by molar-refractivity contribution is 0.366. The number of rotatable bonds is 5. The molecule has 5 heteroatoms. The SMILES string of the molecule is COc1cccc(CNC(C)c2ncc(C)o2)c1O. The maximum absolute atomic E-state index is 9.97. The minimum absolute atomic E-state index is 0.0284. The molecule has 102 valence electrons. The first-order chi connectivity index (χ1) is 9.11. The fourth-order valence-electron chi connectivity index (χ4n) is 1.80. The van der Waals surface area contributed by atoms with Crippen LogP contribution >= 0.6 is 0 Å². The topological polar surface area (TPSA) is 67.5 Å². The fourth-order valence-corrected chi connectivity index (χ4v) is 1.80. The summed E-state index contributed by atoms with van der Waals surface area (Å²) in [5.41, 5.74) is 0.773. The summed E-state index contributed by atoms with van der Waals surface area (Å²) < 4.78 is 10.5. The van der Waals surface area contributed by atoms with E-state index in [2.05, 4.69) is 10.3 Å². The van der Waals surface area contributed by atoms with E-state index < -0.39 is 0 Å². The van der Waals surface area contributed by atoms with Gasteiger partial charge in [-0.05, 0) is 19.9 Å². The second-order valence-electron chi connectivity index (χ2n) is 4.38. The van der Waals surface area contributed by atoms with Crippen LogP contribution in [0, 0.1) is 6.92 Å². The van der Waals surface area contributed by atoms with Crippen molar-refractivity contribution in [3.8, 4) is 11.5 Å². The van der Waals surface area contributed by atoms with E-state index in [0.29, 0.717) is 18.2 Å². The number of nitrogens with one attached hydrogen (secondary N) is 1. The molecule has 0 amide bonds. The zero-order valence-electron chi connectivity index (χ0n) is 11.3. The Morgan fingerprint density at radius 1 is 1.47 bits per heavy atom. The molecule has 0 aliphatic carbocycles. The lowest BCUT2D eigenvalue weighted by Gasteiger charge is -2.12. The molecule has 1 unspecified atom stereocenters. The van der Waals surface area contributed by atoms with Gasteiger partial charge in [-0.1, -0.05) is 12.1 Å². The number of nitrogens with zero attached hydrogens (tertiary/aromatic N) is 1. The Balaban J connectivity index is 2.02. The highest BCUT2D eigenvalue weighted by Gasteiger charge is 2.13. The van der Waals surface area contributed by atoms with Gasteiger partial charge in [0.05, 0.1) is 19.3 Å². The minimum atomic E-state index is -0.0284. The normalized spacial score (nSPS) is 12.4. The van der Waals surface area contributed by atoms with Crippen LogP contribution in [0.15, 0.2) is 28.8 Å². The van der Waals surface area contributed by atoms with Crippen LogP contribution in [0.25, 0.3) is 0 Å². The lowest BCUT2D eigenvalue weighted by Crippen LogP contribution is -2.18. The molecule has 2 rings (SSSR count). The number of ether oxygens (including phenoxy) is 1. The molecule has 0 radical (unpaired) electrons. The molecule has 1 heterocycles. The molecule has 1 aromatic heterocycles. The number of hydrogen-bond donors (Lipinski definition) is 2. The summed E-state index contributed by atoms with van der Waals surface area (Å²) in [6, 6.07) is 5.38. The van der Waals surface area contributed by atoms with Crippen molar-refractivity contribution in [1.82, 2.24) is 10.3 Å². The molecule has 0 aliphatic heterocycles. The predicted octanol–water partition coefficient (Wildman–Crippen LogP) is 2.55. The Labute approximate surface area is 112 Å². The van der Waals surface area contributed by atoms with Gasteiger partial charge in [0.1, 0.15) is 5.76 Å². The standard InChI is InChI=1S/C14H18N2O3/c1-9-7-16-14(19-9)10(2)15-8-11-5-4-6-12(18-3)13(11)17/h4-7,10,15,17H,8H2,1-3H3. The Morgan fingerprint density at radius 3 is 2.89 bits per heavy atom. The Morgan fingerprint density at radius 2 is 2.26 bits per heavy atom. The summed E-state index contributed by atoms with van der Waals surface area (Å²) in [5.74, 6) is 2.06. The van der Waals surface area contributed by atoms with E-state index in [1.807, 2.05) is 26.0 Å². The van der Waals surface area contributed by atoms with Gasteiger partial charge in [-0.15, -0.1) is 0 Å². The summed E-state index contributed by atoms with van der Waals surface area (Å²) in [6.07, 6.45) is 1.69. The number of oxazole rings is 1. The van der Waals surface area contributed by atoms with E-state index in [-0.39, 0.29) is 11.8 Å². The molecule has 2 aromatic rings. The van der Waals surface area contributed by atoms with Gasteiger partial charge in [0.2, 0.25) is 5.89 Å². The summed E-state index contributed by atoms with van der Waals surface area (Å²) >= 11 is 0. The molecule has 5 nitrogen and oxygen atoms in total. The second-order valence-corrected chi connectivity index (χ2v) is 4.38. The predicted molar refractivity (Wildman–Crippen MR) is 71.2 cm³/mol. The van der Waals surface area contributed by atoms with Crippen molar-refractivity contribution in [3.05, 3.63) is 41.6 Å². The molecule has 0 aliphatic rings. The molecule has 0 spiro atoms. The molecular formula is C14H18N2O3. The summed E-state index contributed by atoms with van der Waals surface area (Å²) in [4.78, 5) is 4.17. The van der Waals surface area contributed by atoms with E-state index in [1.165, 1.54) is 7.11 Å². The number of hydrogen-bond acceptors (Lipinski definition) is 5. The molecule has 1 atom stereocenters. The van der Waals surface area contributed by atoms with Crippen LogP contribution in [0.3, 0.4) is 0 Å². The van der Waals surface area contributed by atoms with Gasteiger partial charge >= 0.3 is 0 Å². The molecular weight excluding hydrogens is 244 g/mol. The van der Waals surface area contributed by atoms with Crippen LogP contribution in [0.1, 0.15) is 30.2 Å². The third-order valence-corrected chi connectivity index (χ3v) is 2.91. The van der Waals surface area contributed by atoms with Crippen LogP contribution in [0.4, 0.5) is 0 Å². The summed E-state index contributed by atoms with van der Waals surface area (Å²) in [7, 11) is 1.53. The van der Waals surface area contributed by atoms with Crippen molar-refractivity contribution in [2.75, 3.05) is 7.11 Å². The van der Waals surface area contributed by atoms with Gasteiger partial charge < -0.3 is 19.6 Å². The minimum Gasteiger partial charge on any atom is -0.504 e. The van der Waals surface area contributed by atoms with E-state index in [4.69, 9.17) is 9.15 Å². The number of benzene rings is 1. The molecule has 0 bridgehead atoms. The number of methoxy groups -OCH3 is 1. The fraction of sp³-hybridized carbons (Fsp3) is 0.357. The third-order valence-electron chi connectivity index (χ3n) is 2.91. The summed E-state index contributed by atoms with van der Waals surface area (Å²) in [6.45, 7) is 4.32. The van der Waals surface area contributed by atoms with Crippen LogP contribution in [-0.4, -0.2) is 17.2 Å². The van der Waals surface area contributed by atoms with Crippen molar-refractivity contribution >= 4 is 0 Å². The van der Waals surface area contributed by atoms with E-state index in [9.17, 15) is 5.11 Å². The highest BCUT2D eigenvalue weighted by molar-refractivity contribution is 5.45. The Hall–Kier alpha value is -2.01. The van der Waals surface area contributed by atoms with Crippen LogP contribution in [-0.2, 0) is 6.54 Å². The third kappa shape index (κ3) is 3.06. The average molecular weight is 262 g/mol. The number of phenols is 1. The molecule has 2 N–H and O–H groups in total. The first-order valence-corrected chi connectivity index (χ1v) is 6.12. The van der Waals surface area contributed by atoms with Crippen LogP contribution < -0.4 is 10.1 Å². The van der Waals surface area contributed by atoms with Crippen molar-refractivity contribution in [3.63, 3.8) is 0 Å². The smallest absolute Gasteiger partial charge is 0.211 e. The molecule has 1 aromatic carbocycles. The molecule has 0 fully saturated rings. The van der Waals surface area contributed by atoms with E-state index >= 15 is 0 Å². The van der Waals surface area contributed by atoms with Gasteiger partial charge in [-0.25, -0.2) is 4.98 Å². The van der Waals surface area contributed by atoms with E-state index in [0.717, 1.165) is 11.3 Å². The average Bonchev–Trinajstić information content (AvgIpc) is 2.84. The van der Waals surface area contributed by atoms with Crippen molar-refractivity contribution < 1.29 is 14.3 Å². The lowest BCUT2D eigenvalue weighted by atomic mass is 10.1. The zero-order chi connectivity index (χ0) is 13.8. The Bertz CT molecular complexity index is 551. The maximum atomic E-state index is 9.97. The maximum Gasteiger partial charge on any atom is 0.211 e. The van der Waals surface area contributed by atoms with Crippen molar-refractivity contribution in [1.29, 1.82) is 0 Å². The van der Waals surface area contributed by atoms with Gasteiger partial charge in [-0.3, -0.25) is 0 Å². The molecule has 0 saturated heterocycles. The quantitative estimate of drug-likeness (QED) is 0.866. The highest BCUT2D eigenvalue weighted by atomic mass is 16.5. The number of aromatic hydroxyl groups is 1. The summed E-state index contributed by atoms with van der Waals surface area (Å²) in [5, 5.41) is 13.2. The molecule has 0 saturated carbocycles. The number of phenolic OH excluding ortho intramolecular Hbond substituents is 1. The van der Waals surface area contributed by atoms with E-state index in [1.54, 1.807) is 12.3 Å². The van der Waals surface area contributed by atoms with Crippen molar-refractivity contribution in [2.24, 2.45) is 0 Å². The largest absolute Gasteiger partial charge is 0.504 e. The van der Waals surface area contributed by atoms with Gasteiger partial charge in [0.25, 0.3) is 0 Å². The number of aryl methyl sites for hydroxylation is 1. The van der Waals surface area contributed by atoms with Gasteiger partial charge in [0, 0.05) is 12.1 Å². The van der Waals surface area contributed by atoms with Crippen molar-refractivity contribution in [2.45, 2.75) is 26.4 Å². The molecule has 19 heavy (non-hydrogen) atoms. The second kappa shape index (κ2) is 5.75. The number of para-hydroxylation sites is 1. The van der Waals surface area contributed by atoms with Crippen LogP contribution in [0.2, 0.25) is 0 Å². The number of aromatic nitrogens is 1. The zero-order valence-corrected chi connectivity index (χ0v) is 11.3. The van der Waals surface area contributed by atoms with Gasteiger partial charge in [0.15, 0.2) is 11.5 Å². The first kappa shape index (κ1) is 13.4. The van der Waals surface area contributed by atoms with Gasteiger partial charge in [-0.2, -0.15) is 0 Å². The Kier molecular flexibility index (Phi) is 4.06.